The number of nitrogens with one attached hydrogen (secondary N) is 1. The lowest BCUT2D eigenvalue weighted by atomic mass is 10.3. The first-order valence-corrected chi connectivity index (χ1v) is 4.44. The molecule has 0 bridgehead atoms. The summed E-state index contributed by atoms with van der Waals surface area (Å²) in [5.41, 5.74) is 2.27. The molecule has 0 spiro atoms. The van der Waals surface area contributed by atoms with E-state index in [-0.39, 0.29) is 0 Å². The van der Waals surface area contributed by atoms with E-state index in [1.54, 1.807) is 0 Å². The van der Waals surface area contributed by atoms with E-state index in [1.807, 2.05) is 62.4 Å². The van der Waals surface area contributed by atoms with E-state index in [0.717, 1.165) is 11.4 Å². The molecule has 0 atom stereocenters. The highest BCUT2D eigenvalue weighted by Crippen LogP contribution is 2.08. The Morgan fingerprint density at radius 1 is 1.23 bits per heavy atom. The number of hydrogen-bond donors (Lipinski definition) is 1. The highest BCUT2D eigenvalue weighted by molar-refractivity contribution is 5.47. The van der Waals surface area contributed by atoms with Crippen LogP contribution >= 0.6 is 0 Å². The molecule has 68 valence electrons. The lowest BCUT2D eigenvalue weighted by Gasteiger charge is -2.04. The molecule has 0 saturated carbocycles. The second-order valence-corrected chi connectivity index (χ2v) is 2.87. The largest absolute Gasteiger partial charge is 0.359 e. The number of rotatable bonds is 3. The van der Waals surface area contributed by atoms with Crippen LogP contribution in [-0.4, -0.2) is 0 Å². The second-order valence-electron chi connectivity index (χ2n) is 2.87. The molecular weight excluding hydrogens is 158 g/mol. The molecule has 0 radical (unpaired) electrons. The quantitative estimate of drug-likeness (QED) is 0.689. The first-order chi connectivity index (χ1) is 6.33. The summed E-state index contributed by atoms with van der Waals surface area (Å²) < 4.78 is 0. The molecule has 1 N–H and O–H groups in total. The van der Waals surface area contributed by atoms with Crippen LogP contribution in [0, 0.1) is 0 Å². The van der Waals surface area contributed by atoms with Crippen LogP contribution in [0.3, 0.4) is 0 Å². The van der Waals surface area contributed by atoms with Gasteiger partial charge in [-0.05, 0) is 32.1 Å². The third kappa shape index (κ3) is 3.61. The van der Waals surface area contributed by atoms with Gasteiger partial charge in [-0.25, -0.2) is 0 Å². The molecular formula is C12H15N. The molecule has 1 rings (SSSR count). The summed E-state index contributed by atoms with van der Waals surface area (Å²) in [7, 11) is 0. The van der Waals surface area contributed by atoms with E-state index in [0.29, 0.717) is 0 Å². The van der Waals surface area contributed by atoms with Crippen molar-refractivity contribution in [2.75, 3.05) is 5.32 Å². The third-order valence-corrected chi connectivity index (χ3v) is 1.65. The van der Waals surface area contributed by atoms with Crippen LogP contribution in [0.4, 0.5) is 5.69 Å². The smallest absolute Gasteiger partial charge is 0.0381 e. The van der Waals surface area contributed by atoms with Crippen molar-refractivity contribution in [1.29, 1.82) is 0 Å². The Labute approximate surface area is 79.8 Å². The van der Waals surface area contributed by atoms with Crippen LogP contribution in [0.1, 0.15) is 13.8 Å². The van der Waals surface area contributed by atoms with Gasteiger partial charge in [0, 0.05) is 11.4 Å². The SMILES string of the molecule is C/C=C\C=C(/C)Nc1ccccc1. The number of benzene rings is 1. The molecule has 0 amide bonds. The average Bonchev–Trinajstić information content (AvgIpc) is 2.16. The first kappa shape index (κ1) is 9.59. The Bertz CT molecular complexity index is 296. The summed E-state index contributed by atoms with van der Waals surface area (Å²) in [5, 5.41) is 3.29. The lowest BCUT2D eigenvalue weighted by Crippen LogP contribution is -1.93. The third-order valence-electron chi connectivity index (χ3n) is 1.65. The van der Waals surface area contributed by atoms with Gasteiger partial charge in [-0.2, -0.15) is 0 Å². The van der Waals surface area contributed by atoms with Gasteiger partial charge in [0.1, 0.15) is 0 Å². The minimum absolute atomic E-state index is 1.13. The molecule has 1 heteroatoms. The predicted molar refractivity (Wildman–Crippen MR) is 58.6 cm³/mol. The van der Waals surface area contributed by atoms with Crippen molar-refractivity contribution >= 4 is 5.69 Å². The van der Waals surface area contributed by atoms with Crippen LogP contribution in [0.25, 0.3) is 0 Å². The molecule has 0 heterocycles. The van der Waals surface area contributed by atoms with Crippen molar-refractivity contribution in [2.45, 2.75) is 13.8 Å². The van der Waals surface area contributed by atoms with Gasteiger partial charge < -0.3 is 5.32 Å². The summed E-state index contributed by atoms with van der Waals surface area (Å²) >= 11 is 0. The van der Waals surface area contributed by atoms with Gasteiger partial charge in [-0.15, -0.1) is 0 Å². The zero-order chi connectivity index (χ0) is 9.52. The predicted octanol–water partition coefficient (Wildman–Crippen LogP) is 3.58. The van der Waals surface area contributed by atoms with Crippen molar-refractivity contribution in [3.63, 3.8) is 0 Å². The average molecular weight is 173 g/mol. The lowest BCUT2D eigenvalue weighted by molar-refractivity contribution is 1.37. The normalized spacial score (nSPS) is 12.0. The maximum Gasteiger partial charge on any atom is 0.0381 e. The van der Waals surface area contributed by atoms with Gasteiger partial charge in [-0.1, -0.05) is 30.4 Å². The van der Waals surface area contributed by atoms with Crippen LogP contribution in [0.2, 0.25) is 0 Å². The summed E-state index contributed by atoms with van der Waals surface area (Å²) in [5.74, 6) is 0. The fraction of sp³-hybridized carbons (Fsp3) is 0.167. The van der Waals surface area contributed by atoms with Crippen molar-refractivity contribution in [1.82, 2.24) is 0 Å². The maximum absolute atomic E-state index is 3.29. The maximum atomic E-state index is 3.29. The number of hydrogen-bond acceptors (Lipinski definition) is 1. The van der Waals surface area contributed by atoms with Gasteiger partial charge >= 0.3 is 0 Å². The van der Waals surface area contributed by atoms with Crippen LogP contribution < -0.4 is 5.32 Å². The Kier molecular flexibility index (Phi) is 3.83. The molecule has 0 unspecified atom stereocenters. The van der Waals surface area contributed by atoms with Crippen molar-refractivity contribution < 1.29 is 0 Å². The Morgan fingerprint density at radius 2 is 1.92 bits per heavy atom. The molecule has 0 aromatic heterocycles. The molecule has 1 aromatic carbocycles. The van der Waals surface area contributed by atoms with Crippen molar-refractivity contribution in [3.8, 4) is 0 Å². The number of allylic oxidation sites excluding steroid dienone is 4. The zero-order valence-corrected chi connectivity index (χ0v) is 8.12. The molecule has 0 aliphatic rings. The topological polar surface area (TPSA) is 12.0 Å². The molecule has 0 saturated heterocycles. The summed E-state index contributed by atoms with van der Waals surface area (Å²) in [6, 6.07) is 10.1. The molecule has 0 aliphatic carbocycles. The zero-order valence-electron chi connectivity index (χ0n) is 8.12. The molecule has 0 fully saturated rings. The fourth-order valence-electron chi connectivity index (χ4n) is 1.03. The molecule has 13 heavy (non-hydrogen) atoms. The second kappa shape index (κ2) is 5.20. The summed E-state index contributed by atoms with van der Waals surface area (Å²) in [6.07, 6.45) is 6.08. The monoisotopic (exact) mass is 173 g/mol. The van der Waals surface area contributed by atoms with Crippen molar-refractivity contribution in [2.24, 2.45) is 0 Å². The van der Waals surface area contributed by atoms with Crippen LogP contribution in [0.5, 0.6) is 0 Å². The summed E-state index contributed by atoms with van der Waals surface area (Å²) in [6.45, 7) is 4.05. The molecule has 0 aliphatic heterocycles. The minimum Gasteiger partial charge on any atom is -0.359 e. The van der Waals surface area contributed by atoms with Gasteiger partial charge in [0.25, 0.3) is 0 Å². The highest BCUT2D eigenvalue weighted by Gasteiger charge is 1.88. The summed E-state index contributed by atoms with van der Waals surface area (Å²) in [4.78, 5) is 0. The fourth-order valence-corrected chi connectivity index (χ4v) is 1.03. The minimum atomic E-state index is 1.13. The molecule has 1 nitrogen and oxygen atoms in total. The van der Waals surface area contributed by atoms with Crippen molar-refractivity contribution in [3.05, 3.63) is 54.3 Å². The number of anilines is 1. The highest BCUT2D eigenvalue weighted by atomic mass is 14.9. The van der Waals surface area contributed by atoms with Gasteiger partial charge in [-0.3, -0.25) is 0 Å². The van der Waals surface area contributed by atoms with Crippen LogP contribution in [-0.2, 0) is 0 Å². The number of para-hydroxylation sites is 1. The van der Waals surface area contributed by atoms with E-state index >= 15 is 0 Å². The standard InChI is InChI=1S/C12H15N/c1-3-4-8-11(2)13-12-9-6-5-7-10-12/h3-10,13H,1-2H3/b4-3-,11-8+. The first-order valence-electron chi connectivity index (χ1n) is 4.44. The Balaban J connectivity index is 2.60. The van der Waals surface area contributed by atoms with E-state index < -0.39 is 0 Å². The van der Waals surface area contributed by atoms with Gasteiger partial charge in [0.15, 0.2) is 0 Å². The Hall–Kier alpha value is -1.50. The van der Waals surface area contributed by atoms with Crippen LogP contribution in [0.15, 0.2) is 54.3 Å². The van der Waals surface area contributed by atoms with E-state index in [2.05, 4.69) is 5.32 Å². The molecule has 1 aromatic rings. The van der Waals surface area contributed by atoms with Gasteiger partial charge in [0.2, 0.25) is 0 Å². The van der Waals surface area contributed by atoms with E-state index in [4.69, 9.17) is 0 Å². The van der Waals surface area contributed by atoms with Gasteiger partial charge in [0.05, 0.1) is 0 Å². The van der Waals surface area contributed by atoms with E-state index in [1.165, 1.54) is 0 Å². The van der Waals surface area contributed by atoms with E-state index in [9.17, 15) is 0 Å². The Morgan fingerprint density at radius 3 is 2.54 bits per heavy atom.